The Balaban J connectivity index is 2.36. The molecule has 0 saturated carbocycles. The molecule has 1 N–H and O–H groups in total. The second kappa shape index (κ2) is 5.81. The second-order valence-corrected chi connectivity index (χ2v) is 3.21. The van der Waals surface area contributed by atoms with Gasteiger partial charge in [0.15, 0.2) is 0 Å². The molecule has 0 fully saturated rings. The van der Waals surface area contributed by atoms with Crippen LogP contribution in [0.1, 0.15) is 12.5 Å². The molecule has 3 nitrogen and oxygen atoms in total. The van der Waals surface area contributed by atoms with Crippen molar-refractivity contribution in [2.75, 3.05) is 0 Å². The molecular formula is C9H12NO2P. The van der Waals surface area contributed by atoms with E-state index in [1.54, 1.807) is 0 Å². The van der Waals surface area contributed by atoms with Gasteiger partial charge in [-0.3, -0.25) is 0 Å². The molecular weight excluding hydrogens is 185 g/mol. The Labute approximate surface area is 79.4 Å². The van der Waals surface area contributed by atoms with Crippen molar-refractivity contribution in [3.63, 3.8) is 0 Å². The van der Waals surface area contributed by atoms with Gasteiger partial charge in [-0.2, -0.15) is 5.48 Å². The third kappa shape index (κ3) is 4.13. The van der Waals surface area contributed by atoms with Crippen molar-refractivity contribution >= 4 is 8.69 Å². The number of benzene rings is 1. The average Bonchev–Trinajstić information content (AvgIpc) is 2.16. The van der Waals surface area contributed by atoms with E-state index in [-0.39, 0.29) is 14.7 Å². The van der Waals surface area contributed by atoms with E-state index in [0.717, 1.165) is 6.42 Å². The molecule has 0 aliphatic heterocycles. The van der Waals surface area contributed by atoms with Gasteiger partial charge in [-0.25, -0.2) is 9.19 Å². The second-order valence-electron chi connectivity index (χ2n) is 2.87. The van der Waals surface area contributed by atoms with E-state index in [1.165, 1.54) is 5.56 Å². The Kier molecular flexibility index (Phi) is 4.61. The molecule has 0 heterocycles. The SMILES string of the molecule is CC(Cc1ccccc1)NOP=O. The van der Waals surface area contributed by atoms with Crippen LogP contribution in [0.3, 0.4) is 0 Å². The van der Waals surface area contributed by atoms with Crippen LogP contribution in [-0.2, 0) is 15.6 Å². The fraction of sp³-hybridized carbons (Fsp3) is 0.333. The summed E-state index contributed by atoms with van der Waals surface area (Å²) in [6.07, 6.45) is 0.857. The molecule has 0 bridgehead atoms. The quantitative estimate of drug-likeness (QED) is 0.581. The molecule has 1 aromatic rings. The molecule has 70 valence electrons. The summed E-state index contributed by atoms with van der Waals surface area (Å²) in [6, 6.07) is 10.2. The summed E-state index contributed by atoms with van der Waals surface area (Å²) in [7, 11) is -0.335. The van der Waals surface area contributed by atoms with E-state index in [1.807, 2.05) is 37.3 Å². The highest BCUT2D eigenvalue weighted by Gasteiger charge is 2.01. The molecule has 13 heavy (non-hydrogen) atoms. The van der Waals surface area contributed by atoms with Crippen LogP contribution in [0, 0.1) is 0 Å². The Morgan fingerprint density at radius 3 is 2.77 bits per heavy atom. The molecule has 0 radical (unpaired) electrons. The zero-order chi connectivity index (χ0) is 9.52. The first-order valence-corrected chi connectivity index (χ1v) is 4.84. The largest absolute Gasteiger partial charge is 0.346 e. The van der Waals surface area contributed by atoms with Crippen LogP contribution >= 0.6 is 8.69 Å². The Hall–Kier alpha value is -0.760. The Morgan fingerprint density at radius 1 is 1.46 bits per heavy atom. The summed E-state index contributed by atoms with van der Waals surface area (Å²) in [5.74, 6) is 0. The minimum Gasteiger partial charge on any atom is -0.239 e. The fourth-order valence-electron chi connectivity index (χ4n) is 1.12. The van der Waals surface area contributed by atoms with Crippen LogP contribution < -0.4 is 5.48 Å². The van der Waals surface area contributed by atoms with Crippen molar-refractivity contribution in [1.82, 2.24) is 5.48 Å². The molecule has 0 spiro atoms. The predicted octanol–water partition coefficient (Wildman–Crippen LogP) is 2.35. The number of rotatable bonds is 5. The van der Waals surface area contributed by atoms with Gasteiger partial charge in [0.25, 0.3) is 0 Å². The lowest BCUT2D eigenvalue weighted by molar-refractivity contribution is 0.182. The Morgan fingerprint density at radius 2 is 2.15 bits per heavy atom. The smallest absolute Gasteiger partial charge is 0.239 e. The highest BCUT2D eigenvalue weighted by molar-refractivity contribution is 7.17. The van der Waals surface area contributed by atoms with E-state index in [4.69, 9.17) is 0 Å². The van der Waals surface area contributed by atoms with Gasteiger partial charge in [-0.05, 0) is 18.9 Å². The molecule has 1 atom stereocenters. The highest BCUT2D eigenvalue weighted by atomic mass is 31.1. The molecule has 0 amide bonds. The summed E-state index contributed by atoms with van der Waals surface area (Å²) in [5.41, 5.74) is 3.89. The van der Waals surface area contributed by atoms with Crippen molar-refractivity contribution < 1.29 is 9.19 Å². The number of hydroxylamine groups is 1. The van der Waals surface area contributed by atoms with Gasteiger partial charge in [-0.1, -0.05) is 30.3 Å². The van der Waals surface area contributed by atoms with Crippen LogP contribution in [0.25, 0.3) is 0 Å². The molecule has 0 aliphatic carbocycles. The third-order valence-electron chi connectivity index (χ3n) is 1.68. The van der Waals surface area contributed by atoms with E-state index >= 15 is 0 Å². The summed E-state index contributed by atoms with van der Waals surface area (Å²) in [4.78, 5) is 0. The van der Waals surface area contributed by atoms with Crippen molar-refractivity contribution in [1.29, 1.82) is 0 Å². The molecule has 4 heteroatoms. The lowest BCUT2D eigenvalue weighted by Gasteiger charge is -2.09. The first-order valence-electron chi connectivity index (χ1n) is 4.11. The molecule has 0 aliphatic rings. The maximum Gasteiger partial charge on any atom is 0.346 e. The lowest BCUT2D eigenvalue weighted by atomic mass is 10.1. The van der Waals surface area contributed by atoms with Gasteiger partial charge >= 0.3 is 8.69 Å². The maximum absolute atomic E-state index is 9.97. The molecule has 1 unspecified atom stereocenters. The van der Waals surface area contributed by atoms with E-state index in [2.05, 4.69) is 10.1 Å². The Bertz CT molecular complexity index is 253. The van der Waals surface area contributed by atoms with Crippen LogP contribution in [-0.4, -0.2) is 6.04 Å². The number of hydrogen-bond donors (Lipinski definition) is 1. The van der Waals surface area contributed by atoms with Crippen molar-refractivity contribution in [3.8, 4) is 0 Å². The number of hydrogen-bond acceptors (Lipinski definition) is 3. The van der Waals surface area contributed by atoms with E-state index in [0.29, 0.717) is 0 Å². The molecule has 0 aromatic heterocycles. The summed E-state index contributed by atoms with van der Waals surface area (Å²) in [6.45, 7) is 1.97. The minimum atomic E-state index is -0.335. The summed E-state index contributed by atoms with van der Waals surface area (Å²) >= 11 is 0. The zero-order valence-electron chi connectivity index (χ0n) is 7.43. The normalized spacial score (nSPS) is 13.0. The van der Waals surface area contributed by atoms with Gasteiger partial charge in [0, 0.05) is 6.04 Å². The van der Waals surface area contributed by atoms with Crippen LogP contribution in [0.5, 0.6) is 0 Å². The lowest BCUT2D eigenvalue weighted by Crippen LogP contribution is -2.25. The average molecular weight is 197 g/mol. The van der Waals surface area contributed by atoms with Gasteiger partial charge in [0.05, 0.1) is 0 Å². The van der Waals surface area contributed by atoms with Crippen LogP contribution in [0.4, 0.5) is 0 Å². The summed E-state index contributed by atoms with van der Waals surface area (Å²) in [5, 5.41) is 0. The van der Waals surface area contributed by atoms with E-state index in [9.17, 15) is 4.57 Å². The van der Waals surface area contributed by atoms with Crippen molar-refractivity contribution in [2.24, 2.45) is 0 Å². The van der Waals surface area contributed by atoms with Gasteiger partial charge in [0.2, 0.25) is 0 Å². The first-order chi connectivity index (χ1) is 6.33. The number of nitrogens with one attached hydrogen (secondary N) is 1. The third-order valence-corrected chi connectivity index (χ3v) is 1.86. The van der Waals surface area contributed by atoms with Crippen LogP contribution in [0.15, 0.2) is 30.3 Å². The first kappa shape index (κ1) is 10.3. The monoisotopic (exact) mass is 197 g/mol. The van der Waals surface area contributed by atoms with Crippen molar-refractivity contribution in [2.45, 2.75) is 19.4 Å². The van der Waals surface area contributed by atoms with Gasteiger partial charge < -0.3 is 0 Å². The molecule has 1 rings (SSSR count). The highest BCUT2D eigenvalue weighted by Crippen LogP contribution is 2.03. The minimum absolute atomic E-state index is 0.156. The van der Waals surface area contributed by atoms with E-state index < -0.39 is 0 Å². The fourth-order valence-corrected chi connectivity index (χ4v) is 1.34. The topological polar surface area (TPSA) is 38.3 Å². The molecule has 1 aromatic carbocycles. The van der Waals surface area contributed by atoms with Gasteiger partial charge in [0.1, 0.15) is 0 Å². The predicted molar refractivity (Wildman–Crippen MR) is 51.4 cm³/mol. The standard InChI is InChI=1S/C9H12NO2P/c1-8(10-12-13-11)7-9-5-3-2-4-6-9/h2-6,8,10H,7H2,1H3. The maximum atomic E-state index is 9.97. The van der Waals surface area contributed by atoms with Crippen molar-refractivity contribution in [3.05, 3.63) is 35.9 Å². The molecule has 0 saturated heterocycles. The zero-order valence-corrected chi connectivity index (χ0v) is 8.33. The van der Waals surface area contributed by atoms with Crippen LogP contribution in [0.2, 0.25) is 0 Å². The summed E-state index contributed by atoms with van der Waals surface area (Å²) < 4.78 is 14.5. The van der Waals surface area contributed by atoms with Gasteiger partial charge in [-0.15, -0.1) is 0 Å².